The second kappa shape index (κ2) is 4.18. The van der Waals surface area contributed by atoms with Gasteiger partial charge in [-0.15, -0.1) is 0 Å². The quantitative estimate of drug-likeness (QED) is 0.524. The van der Waals surface area contributed by atoms with Gasteiger partial charge in [0.2, 0.25) is 10.0 Å². The van der Waals surface area contributed by atoms with Gasteiger partial charge in [-0.2, -0.15) is 0 Å². The van der Waals surface area contributed by atoms with Gasteiger partial charge in [0, 0.05) is 13.1 Å². The van der Waals surface area contributed by atoms with E-state index in [1.54, 1.807) is 0 Å². The van der Waals surface area contributed by atoms with Crippen molar-refractivity contribution in [2.75, 3.05) is 32.6 Å². The molecular weight excluding hydrogens is 180 g/mol. The third-order valence-electron chi connectivity index (χ3n) is 1.56. The van der Waals surface area contributed by atoms with Gasteiger partial charge in [0.05, 0.1) is 25.5 Å². The van der Waals surface area contributed by atoms with E-state index in [0.29, 0.717) is 19.1 Å². The lowest BCUT2D eigenvalue weighted by Gasteiger charge is -2.26. The number of nitrogens with one attached hydrogen (secondary N) is 2. The van der Waals surface area contributed by atoms with E-state index in [4.69, 9.17) is 4.74 Å². The smallest absolute Gasteiger partial charge is 0.208 e. The van der Waals surface area contributed by atoms with Crippen molar-refractivity contribution >= 4 is 10.0 Å². The summed E-state index contributed by atoms with van der Waals surface area (Å²) in [5.74, 6) is 0. The van der Waals surface area contributed by atoms with Gasteiger partial charge in [-0.1, -0.05) is 0 Å². The lowest BCUT2D eigenvalue weighted by molar-refractivity contribution is -0.00452. The summed E-state index contributed by atoms with van der Waals surface area (Å²) < 4.78 is 28.5. The predicted molar refractivity (Wildman–Crippen MR) is 45.5 cm³/mol. The molecule has 0 atom stereocenters. The minimum Gasteiger partial charge on any atom is -0.378 e. The number of hydrogen-bond acceptors (Lipinski definition) is 4. The van der Waals surface area contributed by atoms with Crippen LogP contribution in [0.1, 0.15) is 0 Å². The normalized spacial score (nSPS) is 19.1. The van der Waals surface area contributed by atoms with Crippen LogP contribution in [0.5, 0.6) is 0 Å². The van der Waals surface area contributed by atoms with E-state index >= 15 is 0 Å². The molecule has 0 aromatic carbocycles. The van der Waals surface area contributed by atoms with Crippen LogP contribution >= 0.6 is 0 Å². The molecule has 1 heterocycles. The van der Waals surface area contributed by atoms with Crippen LogP contribution in [0.25, 0.3) is 0 Å². The van der Waals surface area contributed by atoms with Crippen molar-refractivity contribution in [1.29, 1.82) is 0 Å². The van der Waals surface area contributed by atoms with Crippen LogP contribution in [0.3, 0.4) is 0 Å². The molecule has 0 spiro atoms. The van der Waals surface area contributed by atoms with Gasteiger partial charge in [-0.05, 0) is 0 Å². The maximum atomic E-state index is 10.6. The van der Waals surface area contributed by atoms with Crippen molar-refractivity contribution in [3.63, 3.8) is 0 Å². The first-order valence-corrected chi connectivity index (χ1v) is 5.73. The molecule has 1 fully saturated rings. The third-order valence-corrected chi connectivity index (χ3v) is 2.29. The summed E-state index contributed by atoms with van der Waals surface area (Å²) in [6.07, 6.45) is 1.15. The molecule has 0 aromatic rings. The zero-order valence-corrected chi connectivity index (χ0v) is 7.86. The van der Waals surface area contributed by atoms with Crippen LogP contribution in [-0.4, -0.2) is 47.0 Å². The number of ether oxygens (including phenoxy) is 1. The first-order valence-electron chi connectivity index (χ1n) is 3.84. The fourth-order valence-electron chi connectivity index (χ4n) is 0.866. The fourth-order valence-corrected chi connectivity index (χ4v) is 1.34. The Labute approximate surface area is 72.5 Å². The monoisotopic (exact) mass is 194 g/mol. The Morgan fingerprint density at radius 1 is 1.42 bits per heavy atom. The maximum Gasteiger partial charge on any atom is 0.208 e. The predicted octanol–water partition coefficient (Wildman–Crippen LogP) is -1.48. The average molecular weight is 194 g/mol. The number of rotatable bonds is 5. The molecule has 0 radical (unpaired) electrons. The van der Waals surface area contributed by atoms with Gasteiger partial charge >= 0.3 is 0 Å². The topological polar surface area (TPSA) is 67.4 Å². The summed E-state index contributed by atoms with van der Waals surface area (Å²) >= 11 is 0. The molecule has 0 aromatic heterocycles. The highest BCUT2D eigenvalue weighted by atomic mass is 32.2. The summed E-state index contributed by atoms with van der Waals surface area (Å²) in [5.41, 5.74) is 0. The molecule has 5 nitrogen and oxygen atoms in total. The summed E-state index contributed by atoms with van der Waals surface area (Å²) in [6.45, 7) is 2.56. The zero-order valence-electron chi connectivity index (χ0n) is 7.04. The highest BCUT2D eigenvalue weighted by Crippen LogP contribution is 1.97. The Hall–Kier alpha value is -0.170. The van der Waals surface area contributed by atoms with Crippen molar-refractivity contribution in [3.8, 4) is 0 Å². The summed E-state index contributed by atoms with van der Waals surface area (Å²) in [4.78, 5) is 0. The average Bonchev–Trinajstić information content (AvgIpc) is 1.80. The van der Waals surface area contributed by atoms with Crippen LogP contribution < -0.4 is 10.0 Å². The van der Waals surface area contributed by atoms with Gasteiger partial charge in [-0.25, -0.2) is 13.1 Å². The third kappa shape index (κ3) is 4.01. The van der Waals surface area contributed by atoms with Crippen LogP contribution in [0.2, 0.25) is 0 Å². The van der Waals surface area contributed by atoms with Crippen LogP contribution in [-0.2, 0) is 14.8 Å². The Morgan fingerprint density at radius 2 is 2.08 bits per heavy atom. The minimum absolute atomic E-state index is 0.409. The van der Waals surface area contributed by atoms with Crippen molar-refractivity contribution < 1.29 is 13.2 Å². The Kier molecular flexibility index (Phi) is 3.45. The standard InChI is InChI=1S/C6H14N2O3S/c1-12(9,10)8-3-2-7-6-4-11-5-6/h6-8H,2-5H2,1H3. The van der Waals surface area contributed by atoms with Gasteiger partial charge < -0.3 is 10.1 Å². The van der Waals surface area contributed by atoms with E-state index in [9.17, 15) is 8.42 Å². The first kappa shape index (κ1) is 9.91. The van der Waals surface area contributed by atoms with Crippen LogP contribution in [0.4, 0.5) is 0 Å². The summed E-state index contributed by atoms with van der Waals surface area (Å²) in [7, 11) is -3.03. The molecule has 12 heavy (non-hydrogen) atoms. The van der Waals surface area contributed by atoms with E-state index in [2.05, 4.69) is 10.0 Å². The molecular formula is C6H14N2O3S. The largest absolute Gasteiger partial charge is 0.378 e. The minimum atomic E-state index is -3.03. The summed E-state index contributed by atoms with van der Waals surface area (Å²) in [6, 6.07) is 0.409. The van der Waals surface area contributed by atoms with E-state index in [1.807, 2.05) is 0 Å². The van der Waals surface area contributed by atoms with Crippen LogP contribution in [0.15, 0.2) is 0 Å². The highest BCUT2D eigenvalue weighted by Gasteiger charge is 2.16. The molecule has 1 aliphatic rings. The molecule has 1 aliphatic heterocycles. The Balaban J connectivity index is 1.95. The maximum absolute atomic E-state index is 10.6. The molecule has 1 saturated heterocycles. The van der Waals surface area contributed by atoms with Gasteiger partial charge in [0.25, 0.3) is 0 Å². The first-order chi connectivity index (χ1) is 5.58. The fraction of sp³-hybridized carbons (Fsp3) is 1.00. The molecule has 0 bridgehead atoms. The van der Waals surface area contributed by atoms with Crippen molar-refractivity contribution in [2.24, 2.45) is 0 Å². The number of hydrogen-bond donors (Lipinski definition) is 2. The Bertz CT molecular complexity index is 223. The molecule has 2 N–H and O–H groups in total. The van der Waals surface area contributed by atoms with Gasteiger partial charge in [0.15, 0.2) is 0 Å². The molecule has 6 heteroatoms. The SMILES string of the molecule is CS(=O)(=O)NCCNC1COC1. The highest BCUT2D eigenvalue weighted by molar-refractivity contribution is 7.88. The van der Waals surface area contributed by atoms with E-state index in [-0.39, 0.29) is 0 Å². The van der Waals surface area contributed by atoms with Crippen molar-refractivity contribution in [2.45, 2.75) is 6.04 Å². The second-order valence-electron chi connectivity index (χ2n) is 2.86. The molecule has 0 unspecified atom stereocenters. The summed E-state index contributed by atoms with van der Waals surface area (Å²) in [5, 5.41) is 3.14. The van der Waals surface area contributed by atoms with Gasteiger partial charge in [-0.3, -0.25) is 0 Å². The molecule has 0 saturated carbocycles. The van der Waals surface area contributed by atoms with E-state index in [1.165, 1.54) is 0 Å². The van der Waals surface area contributed by atoms with E-state index in [0.717, 1.165) is 19.5 Å². The van der Waals surface area contributed by atoms with Crippen molar-refractivity contribution in [1.82, 2.24) is 10.0 Å². The molecule has 0 amide bonds. The molecule has 1 rings (SSSR count). The molecule has 0 aliphatic carbocycles. The zero-order chi connectivity index (χ0) is 9.03. The number of sulfonamides is 1. The van der Waals surface area contributed by atoms with Gasteiger partial charge in [0.1, 0.15) is 0 Å². The second-order valence-corrected chi connectivity index (χ2v) is 4.69. The van der Waals surface area contributed by atoms with E-state index < -0.39 is 10.0 Å². The van der Waals surface area contributed by atoms with Crippen molar-refractivity contribution in [3.05, 3.63) is 0 Å². The lowest BCUT2D eigenvalue weighted by atomic mass is 10.2. The lowest BCUT2D eigenvalue weighted by Crippen LogP contribution is -2.48. The van der Waals surface area contributed by atoms with Crippen LogP contribution in [0, 0.1) is 0 Å². The molecule has 72 valence electrons. The Morgan fingerprint density at radius 3 is 2.50 bits per heavy atom.